The first-order valence-corrected chi connectivity index (χ1v) is 7.82. The molecule has 0 heterocycles. The van der Waals surface area contributed by atoms with Crippen LogP contribution in [0.5, 0.6) is 0 Å². The van der Waals surface area contributed by atoms with Crippen LogP contribution in [0.2, 0.25) is 10.0 Å². The van der Waals surface area contributed by atoms with Crippen LogP contribution in [0.4, 0.5) is 11.4 Å². The number of halogens is 2. The van der Waals surface area contributed by atoms with E-state index in [2.05, 4.69) is 5.32 Å². The number of anilines is 1. The fourth-order valence-corrected chi connectivity index (χ4v) is 2.92. The number of benzene rings is 2. The molecule has 0 atom stereocenters. The number of rotatable bonds is 5. The van der Waals surface area contributed by atoms with Crippen molar-refractivity contribution in [3.05, 3.63) is 62.6 Å². The van der Waals surface area contributed by atoms with E-state index in [0.717, 1.165) is 17.0 Å². The van der Waals surface area contributed by atoms with E-state index in [9.17, 15) is 14.9 Å². The Morgan fingerprint density at radius 3 is 2.32 bits per heavy atom. The molecular formula is C14H10Cl2N2O3S. The van der Waals surface area contributed by atoms with Crippen molar-refractivity contribution in [2.75, 3.05) is 11.1 Å². The predicted molar refractivity (Wildman–Crippen MR) is 88.9 cm³/mol. The van der Waals surface area contributed by atoms with Gasteiger partial charge in [0.05, 0.1) is 26.4 Å². The van der Waals surface area contributed by atoms with Crippen LogP contribution in [-0.2, 0) is 4.79 Å². The molecule has 0 spiro atoms. The lowest BCUT2D eigenvalue weighted by Gasteiger charge is -2.09. The number of carbonyl (C=O) groups excluding carboxylic acids is 1. The van der Waals surface area contributed by atoms with Crippen LogP contribution in [0.15, 0.2) is 47.4 Å². The van der Waals surface area contributed by atoms with Gasteiger partial charge < -0.3 is 5.32 Å². The lowest BCUT2D eigenvalue weighted by molar-refractivity contribution is -0.384. The maximum Gasteiger partial charge on any atom is 0.272 e. The maximum absolute atomic E-state index is 11.9. The normalized spacial score (nSPS) is 10.3. The minimum absolute atomic E-state index is 0.0252. The van der Waals surface area contributed by atoms with Gasteiger partial charge in [-0.3, -0.25) is 14.9 Å². The van der Waals surface area contributed by atoms with Crippen LogP contribution < -0.4 is 5.32 Å². The first kappa shape index (κ1) is 16.6. The van der Waals surface area contributed by atoms with Crippen LogP contribution in [-0.4, -0.2) is 16.6 Å². The molecule has 0 unspecified atom stereocenters. The monoisotopic (exact) mass is 356 g/mol. The molecule has 1 N–H and O–H groups in total. The van der Waals surface area contributed by atoms with Gasteiger partial charge in [-0.1, -0.05) is 41.4 Å². The molecule has 0 aliphatic rings. The predicted octanol–water partition coefficient (Wildman–Crippen LogP) is 4.63. The summed E-state index contributed by atoms with van der Waals surface area (Å²) in [6.45, 7) is 0. The SMILES string of the molecule is O=C(CSc1ccccc1)Nc1c(Cl)cc([N+](=O)[O-])cc1Cl. The second-order valence-electron chi connectivity index (χ2n) is 4.19. The second-order valence-corrected chi connectivity index (χ2v) is 6.05. The van der Waals surface area contributed by atoms with Crippen molar-refractivity contribution in [3.8, 4) is 0 Å². The van der Waals surface area contributed by atoms with Gasteiger partial charge in [0, 0.05) is 17.0 Å². The van der Waals surface area contributed by atoms with Crippen molar-refractivity contribution >= 4 is 52.2 Å². The Kier molecular flexibility index (Phi) is 5.65. The lowest BCUT2D eigenvalue weighted by atomic mass is 10.3. The van der Waals surface area contributed by atoms with Crippen LogP contribution >= 0.6 is 35.0 Å². The zero-order valence-electron chi connectivity index (χ0n) is 11.1. The Bertz CT molecular complexity index is 687. The number of nitrogens with zero attached hydrogens (tertiary/aromatic N) is 1. The summed E-state index contributed by atoms with van der Waals surface area (Å²) in [4.78, 5) is 23.0. The first-order chi connectivity index (χ1) is 10.5. The molecule has 1 amide bonds. The average molecular weight is 357 g/mol. The minimum Gasteiger partial charge on any atom is -0.323 e. The highest BCUT2D eigenvalue weighted by Gasteiger charge is 2.16. The van der Waals surface area contributed by atoms with Crippen molar-refractivity contribution in [1.82, 2.24) is 0 Å². The fourth-order valence-electron chi connectivity index (χ4n) is 1.63. The van der Waals surface area contributed by atoms with Crippen molar-refractivity contribution < 1.29 is 9.72 Å². The minimum atomic E-state index is -0.603. The van der Waals surface area contributed by atoms with E-state index in [1.165, 1.54) is 11.8 Å². The van der Waals surface area contributed by atoms with E-state index >= 15 is 0 Å². The van der Waals surface area contributed by atoms with Gasteiger partial charge in [0.1, 0.15) is 0 Å². The molecule has 0 saturated heterocycles. The van der Waals surface area contributed by atoms with Gasteiger partial charge in [0.2, 0.25) is 5.91 Å². The van der Waals surface area contributed by atoms with E-state index in [1.807, 2.05) is 30.3 Å². The third-order valence-electron chi connectivity index (χ3n) is 2.62. The van der Waals surface area contributed by atoms with Gasteiger partial charge in [-0.05, 0) is 12.1 Å². The fraction of sp³-hybridized carbons (Fsp3) is 0.0714. The molecule has 0 fully saturated rings. The average Bonchev–Trinajstić information content (AvgIpc) is 2.49. The number of hydrogen-bond donors (Lipinski definition) is 1. The van der Waals surface area contributed by atoms with E-state index in [4.69, 9.17) is 23.2 Å². The van der Waals surface area contributed by atoms with Gasteiger partial charge >= 0.3 is 0 Å². The van der Waals surface area contributed by atoms with Crippen molar-refractivity contribution in [2.45, 2.75) is 4.90 Å². The van der Waals surface area contributed by atoms with Crippen LogP contribution in [0, 0.1) is 10.1 Å². The van der Waals surface area contributed by atoms with Gasteiger partial charge in [0.25, 0.3) is 5.69 Å². The Hall–Kier alpha value is -1.76. The zero-order chi connectivity index (χ0) is 16.1. The molecule has 0 aromatic heterocycles. The topological polar surface area (TPSA) is 72.2 Å². The summed E-state index contributed by atoms with van der Waals surface area (Å²) < 4.78 is 0. The van der Waals surface area contributed by atoms with Crippen molar-refractivity contribution in [3.63, 3.8) is 0 Å². The number of nitro benzene ring substituents is 1. The number of nitro groups is 1. The summed E-state index contributed by atoms with van der Waals surface area (Å²) in [5.41, 5.74) is -0.0562. The summed E-state index contributed by atoms with van der Waals surface area (Å²) in [6, 6.07) is 11.7. The van der Waals surface area contributed by atoms with Crippen LogP contribution in [0.25, 0.3) is 0 Å². The van der Waals surface area contributed by atoms with Gasteiger partial charge in [0.15, 0.2) is 0 Å². The summed E-state index contributed by atoms with van der Waals surface area (Å²) in [5.74, 6) is -0.125. The molecule has 0 bridgehead atoms. The largest absolute Gasteiger partial charge is 0.323 e. The molecule has 114 valence electrons. The second kappa shape index (κ2) is 7.49. The van der Waals surface area contributed by atoms with E-state index in [-0.39, 0.29) is 33.1 Å². The third-order valence-corrected chi connectivity index (χ3v) is 4.22. The Balaban J connectivity index is 2.04. The smallest absolute Gasteiger partial charge is 0.272 e. The Morgan fingerprint density at radius 1 is 1.18 bits per heavy atom. The molecule has 2 rings (SSSR count). The number of thioether (sulfide) groups is 1. The highest BCUT2D eigenvalue weighted by atomic mass is 35.5. The number of hydrogen-bond acceptors (Lipinski definition) is 4. The van der Waals surface area contributed by atoms with Gasteiger partial charge in [-0.15, -0.1) is 11.8 Å². The first-order valence-electron chi connectivity index (χ1n) is 6.08. The van der Waals surface area contributed by atoms with Crippen molar-refractivity contribution in [1.29, 1.82) is 0 Å². The van der Waals surface area contributed by atoms with E-state index in [0.29, 0.717) is 0 Å². The molecule has 0 aliphatic carbocycles. The Morgan fingerprint density at radius 2 is 1.77 bits per heavy atom. The summed E-state index contributed by atoms with van der Waals surface area (Å²) >= 11 is 13.2. The van der Waals surface area contributed by atoms with Gasteiger partial charge in [-0.25, -0.2) is 0 Å². The summed E-state index contributed by atoms with van der Waals surface area (Å²) in [6.07, 6.45) is 0. The number of amides is 1. The van der Waals surface area contributed by atoms with E-state index < -0.39 is 4.92 Å². The summed E-state index contributed by atoms with van der Waals surface area (Å²) in [7, 11) is 0. The number of non-ortho nitro benzene ring substituents is 1. The lowest BCUT2D eigenvalue weighted by Crippen LogP contribution is -2.14. The Labute approximate surface area is 140 Å². The molecular weight excluding hydrogens is 347 g/mol. The highest BCUT2D eigenvalue weighted by molar-refractivity contribution is 8.00. The molecule has 0 radical (unpaired) electrons. The third kappa shape index (κ3) is 4.37. The molecule has 0 saturated carbocycles. The number of nitrogens with one attached hydrogen (secondary N) is 1. The number of carbonyl (C=O) groups is 1. The van der Waals surface area contributed by atoms with Gasteiger partial charge in [-0.2, -0.15) is 0 Å². The maximum atomic E-state index is 11.9. The molecule has 22 heavy (non-hydrogen) atoms. The molecule has 2 aromatic rings. The van der Waals surface area contributed by atoms with E-state index in [1.54, 1.807) is 0 Å². The molecule has 8 heteroatoms. The van der Waals surface area contributed by atoms with Crippen LogP contribution in [0.3, 0.4) is 0 Å². The van der Waals surface area contributed by atoms with Crippen LogP contribution in [0.1, 0.15) is 0 Å². The standard InChI is InChI=1S/C14H10Cl2N2O3S/c15-11-6-9(18(20)21)7-12(16)14(11)17-13(19)8-22-10-4-2-1-3-5-10/h1-7H,8H2,(H,17,19). The highest BCUT2D eigenvalue weighted by Crippen LogP contribution is 2.34. The zero-order valence-corrected chi connectivity index (χ0v) is 13.4. The quantitative estimate of drug-likeness (QED) is 0.481. The van der Waals surface area contributed by atoms with Crippen molar-refractivity contribution in [2.24, 2.45) is 0 Å². The summed E-state index contributed by atoms with van der Waals surface area (Å²) in [5, 5.41) is 13.3. The molecule has 5 nitrogen and oxygen atoms in total. The molecule has 2 aromatic carbocycles. The molecule has 0 aliphatic heterocycles.